The van der Waals surface area contributed by atoms with Gasteiger partial charge in [0.1, 0.15) is 5.65 Å². The van der Waals surface area contributed by atoms with Crippen LogP contribution in [0.25, 0.3) is 33.6 Å². The SMILES string of the molecule is CO[C@@H]1CCN(C(=O)c2cc(Cl)c3c(c2)nc(-c2cc4ccc5nc4n2CC(F)(F)CCC[C@@H]2C[C@H]2C(=O)N[C@@H]5C)n3C2CC2)C[C@@H]1N. The number of imidazole rings is 1. The molecule has 8 rings (SSSR count). The van der Waals surface area contributed by atoms with Crippen LogP contribution in [0.4, 0.5) is 8.78 Å². The van der Waals surface area contributed by atoms with Crippen molar-refractivity contribution >= 4 is 45.5 Å². The fourth-order valence-corrected chi connectivity index (χ4v) is 8.04. The Labute approximate surface area is 281 Å². The number of carbonyl (C=O) groups excluding carboxylic acids is 2. The molecule has 1 saturated heterocycles. The van der Waals surface area contributed by atoms with Crippen LogP contribution in [0.3, 0.4) is 0 Å². The molecule has 48 heavy (non-hydrogen) atoms. The Morgan fingerprint density at radius 1 is 1.15 bits per heavy atom. The number of alkyl halides is 2. The Hall–Kier alpha value is -3.61. The lowest BCUT2D eigenvalue weighted by atomic mass is 10.0. The summed E-state index contributed by atoms with van der Waals surface area (Å²) < 4.78 is 40.7. The van der Waals surface area contributed by atoms with Crippen molar-refractivity contribution in [3.8, 4) is 11.5 Å². The number of hydrogen-bond donors (Lipinski definition) is 2. The third-order valence-electron chi connectivity index (χ3n) is 10.6. The van der Waals surface area contributed by atoms with Gasteiger partial charge >= 0.3 is 0 Å². The minimum absolute atomic E-state index is 0.0375. The molecule has 13 heteroatoms. The number of nitrogens with one attached hydrogen (secondary N) is 1. The zero-order chi connectivity index (χ0) is 33.5. The summed E-state index contributed by atoms with van der Waals surface area (Å²) in [5.74, 6) is -2.68. The van der Waals surface area contributed by atoms with Gasteiger partial charge in [-0.2, -0.15) is 0 Å². The van der Waals surface area contributed by atoms with E-state index < -0.39 is 12.5 Å². The molecule has 10 nitrogen and oxygen atoms in total. The predicted molar refractivity (Wildman–Crippen MR) is 178 cm³/mol. The van der Waals surface area contributed by atoms with Crippen LogP contribution in [0.15, 0.2) is 30.3 Å². The molecule has 3 N–H and O–H groups in total. The first kappa shape index (κ1) is 31.6. The van der Waals surface area contributed by atoms with E-state index in [1.54, 1.807) is 28.7 Å². The first-order valence-corrected chi connectivity index (χ1v) is 17.4. The topological polar surface area (TPSA) is 120 Å². The number of rotatable bonds is 4. The number of piperidine rings is 1. The maximum absolute atomic E-state index is 15.8. The summed E-state index contributed by atoms with van der Waals surface area (Å²) in [6.45, 7) is 2.19. The lowest BCUT2D eigenvalue weighted by Crippen LogP contribution is -2.53. The van der Waals surface area contributed by atoms with Gasteiger partial charge in [-0.05, 0) is 81.7 Å². The van der Waals surface area contributed by atoms with Crippen molar-refractivity contribution in [2.45, 2.75) is 88.6 Å². The van der Waals surface area contributed by atoms with Crippen molar-refractivity contribution in [1.29, 1.82) is 0 Å². The van der Waals surface area contributed by atoms with E-state index in [1.165, 1.54) is 0 Å². The maximum atomic E-state index is 15.8. The summed E-state index contributed by atoms with van der Waals surface area (Å²) in [5, 5.41) is 4.17. The zero-order valence-electron chi connectivity index (χ0n) is 27.1. The van der Waals surface area contributed by atoms with Crippen molar-refractivity contribution < 1.29 is 23.1 Å². The fraction of sp³-hybridized carbons (Fsp3) is 0.543. The van der Waals surface area contributed by atoms with Crippen LogP contribution in [0, 0.1) is 11.8 Å². The van der Waals surface area contributed by atoms with Crippen molar-refractivity contribution in [2.24, 2.45) is 17.6 Å². The van der Waals surface area contributed by atoms with Gasteiger partial charge < -0.3 is 29.8 Å². The van der Waals surface area contributed by atoms with Crippen LogP contribution < -0.4 is 11.1 Å². The number of fused-ring (bicyclic) bond motifs is 3. The van der Waals surface area contributed by atoms with Gasteiger partial charge in [0.2, 0.25) is 5.91 Å². The average molecular weight is 680 g/mol. The average Bonchev–Trinajstić information content (AvgIpc) is 3.98. The molecule has 2 bridgehead atoms. The number of benzene rings is 1. The largest absolute Gasteiger partial charge is 0.380 e. The van der Waals surface area contributed by atoms with Gasteiger partial charge in [0.25, 0.3) is 11.8 Å². The van der Waals surface area contributed by atoms with Gasteiger partial charge in [-0.3, -0.25) is 9.59 Å². The van der Waals surface area contributed by atoms with Crippen LogP contribution in [0.1, 0.15) is 80.0 Å². The Kier molecular flexibility index (Phi) is 7.76. The number of hydrogen-bond acceptors (Lipinski definition) is 6. The summed E-state index contributed by atoms with van der Waals surface area (Å²) in [4.78, 5) is 38.1. The number of likely N-dealkylation sites (tertiary alicyclic amines) is 1. The number of nitrogens with zero attached hydrogens (tertiary/aromatic N) is 5. The van der Waals surface area contributed by atoms with Crippen LogP contribution in [0.2, 0.25) is 5.02 Å². The number of carbonyl (C=O) groups is 2. The lowest BCUT2D eigenvalue weighted by Gasteiger charge is -2.35. The van der Waals surface area contributed by atoms with E-state index in [-0.39, 0.29) is 54.3 Å². The van der Waals surface area contributed by atoms with Gasteiger partial charge in [0.15, 0.2) is 5.82 Å². The number of pyridine rings is 1. The molecule has 3 aromatic heterocycles. The Balaban J connectivity index is 1.23. The molecule has 5 heterocycles. The van der Waals surface area contributed by atoms with E-state index in [0.29, 0.717) is 82.2 Å². The molecule has 4 aromatic rings. The van der Waals surface area contributed by atoms with Crippen LogP contribution in [-0.2, 0) is 16.1 Å². The number of nitrogens with two attached hydrogens (primary N) is 1. The second-order valence-electron chi connectivity index (χ2n) is 14.2. The molecule has 2 aliphatic heterocycles. The zero-order valence-corrected chi connectivity index (χ0v) is 27.8. The Morgan fingerprint density at radius 3 is 2.71 bits per heavy atom. The predicted octanol–water partition coefficient (Wildman–Crippen LogP) is 5.86. The molecule has 2 aliphatic carbocycles. The van der Waals surface area contributed by atoms with E-state index in [0.717, 1.165) is 19.3 Å². The minimum Gasteiger partial charge on any atom is -0.380 e. The summed E-state index contributed by atoms with van der Waals surface area (Å²) in [6, 6.07) is 8.42. The molecule has 5 atom stereocenters. The highest BCUT2D eigenvalue weighted by molar-refractivity contribution is 6.35. The van der Waals surface area contributed by atoms with Gasteiger partial charge in [0.05, 0.1) is 46.1 Å². The second-order valence-corrected chi connectivity index (χ2v) is 14.6. The number of amides is 2. The van der Waals surface area contributed by atoms with Crippen molar-refractivity contribution in [3.05, 3.63) is 46.6 Å². The quantitative estimate of drug-likeness (QED) is 0.279. The van der Waals surface area contributed by atoms with E-state index in [2.05, 4.69) is 5.32 Å². The van der Waals surface area contributed by atoms with Gasteiger partial charge in [-0.15, -0.1) is 0 Å². The summed E-state index contributed by atoms with van der Waals surface area (Å²) in [5.41, 5.74) is 9.41. The highest BCUT2D eigenvalue weighted by atomic mass is 35.5. The van der Waals surface area contributed by atoms with E-state index in [9.17, 15) is 9.59 Å². The normalized spacial score (nSPS) is 27.6. The monoisotopic (exact) mass is 679 g/mol. The van der Waals surface area contributed by atoms with Crippen molar-refractivity contribution in [2.75, 3.05) is 20.2 Å². The molecule has 2 amide bonds. The standard InChI is InChI=1S/C35H40ClF2N7O3/c1-18-26-8-5-20-15-28(44(31(20)41-26)17-35(37,38)10-3-4-19-12-23(19)33(46)40-18)32-42-27-14-21(13-24(36)30(27)45(32)22-6-7-22)34(47)43-11-9-29(48-2)25(39)16-43/h5,8,13-15,18-19,22-23,25,29H,3-4,6-7,9-12,16-17,39H2,1-2H3,(H,40,46)/t18-,19-,23-,25+,29-/m1/s1. The second kappa shape index (κ2) is 11.8. The van der Waals surface area contributed by atoms with Crippen LogP contribution in [-0.4, -0.2) is 74.1 Å². The van der Waals surface area contributed by atoms with Gasteiger partial charge in [-0.1, -0.05) is 11.6 Å². The minimum atomic E-state index is -3.01. The first-order valence-electron chi connectivity index (χ1n) is 17.0. The molecule has 3 fully saturated rings. The smallest absolute Gasteiger partial charge is 0.265 e. The first-order chi connectivity index (χ1) is 23.0. The summed E-state index contributed by atoms with van der Waals surface area (Å²) in [6.07, 6.45) is 3.74. The summed E-state index contributed by atoms with van der Waals surface area (Å²) in [7, 11) is 1.63. The molecule has 0 radical (unpaired) electrons. The number of methoxy groups -OCH3 is 1. The van der Waals surface area contributed by atoms with E-state index in [4.69, 9.17) is 32.0 Å². The van der Waals surface area contributed by atoms with Crippen molar-refractivity contribution in [1.82, 2.24) is 29.3 Å². The molecule has 0 unspecified atom stereocenters. The van der Waals surface area contributed by atoms with Crippen LogP contribution >= 0.6 is 11.6 Å². The molecular formula is C35H40ClF2N7O3. The van der Waals surface area contributed by atoms with Crippen LogP contribution in [0.5, 0.6) is 0 Å². The number of aromatic nitrogens is 4. The molecule has 254 valence electrons. The van der Waals surface area contributed by atoms with Gasteiger partial charge in [-0.25, -0.2) is 18.7 Å². The number of ether oxygens (including phenoxy) is 1. The van der Waals surface area contributed by atoms with Gasteiger partial charge in [0, 0.05) is 55.6 Å². The highest BCUT2D eigenvalue weighted by Gasteiger charge is 2.44. The Morgan fingerprint density at radius 2 is 1.96 bits per heavy atom. The number of halogens is 3. The third kappa shape index (κ3) is 5.65. The molecule has 0 spiro atoms. The lowest BCUT2D eigenvalue weighted by molar-refractivity contribution is -0.123. The van der Waals surface area contributed by atoms with E-state index >= 15 is 8.78 Å². The van der Waals surface area contributed by atoms with Crippen molar-refractivity contribution in [3.63, 3.8) is 0 Å². The molecule has 4 aliphatic rings. The van der Waals surface area contributed by atoms with E-state index in [1.807, 2.05) is 29.7 Å². The fourth-order valence-electron chi connectivity index (χ4n) is 7.74. The summed E-state index contributed by atoms with van der Waals surface area (Å²) >= 11 is 6.95. The molecule has 1 aromatic carbocycles. The maximum Gasteiger partial charge on any atom is 0.265 e. The molecular weight excluding hydrogens is 640 g/mol. The molecule has 2 saturated carbocycles. The highest BCUT2D eigenvalue weighted by Crippen LogP contribution is 2.46. The third-order valence-corrected chi connectivity index (χ3v) is 10.9. The Bertz CT molecular complexity index is 1940.